The number of rotatable bonds is 4. The third-order valence-corrected chi connectivity index (χ3v) is 6.90. The van der Waals surface area contributed by atoms with Gasteiger partial charge in [0.15, 0.2) is 0 Å². The van der Waals surface area contributed by atoms with Crippen molar-refractivity contribution in [3.05, 3.63) is 34.6 Å². The number of benzene rings is 1. The number of nitrogens with one attached hydrogen (secondary N) is 1. The van der Waals surface area contributed by atoms with Crippen molar-refractivity contribution < 1.29 is 12.8 Å². The van der Waals surface area contributed by atoms with Crippen LogP contribution in [0.3, 0.4) is 0 Å². The highest BCUT2D eigenvalue weighted by Gasteiger charge is 2.36. The van der Waals surface area contributed by atoms with E-state index in [1.807, 2.05) is 0 Å². The van der Waals surface area contributed by atoms with Crippen LogP contribution < -0.4 is 5.32 Å². The Balaban J connectivity index is 0.00000208. The largest absolute Gasteiger partial charge is 0.310 e. The molecular weight excluding hydrogens is 376 g/mol. The minimum Gasteiger partial charge on any atom is -0.310 e. The normalized spacial score (nSPS) is 24.7. The van der Waals surface area contributed by atoms with E-state index >= 15 is 0 Å². The molecule has 1 aromatic rings. The van der Waals surface area contributed by atoms with Crippen LogP contribution >= 0.6 is 24.0 Å². The molecule has 9 heteroatoms. The van der Waals surface area contributed by atoms with E-state index in [0.717, 1.165) is 19.3 Å². The lowest BCUT2D eigenvalue weighted by molar-refractivity contribution is 0.339. The molecule has 2 fully saturated rings. The summed E-state index contributed by atoms with van der Waals surface area (Å²) >= 11 is 6.00. The fourth-order valence-electron chi connectivity index (χ4n) is 3.31. The van der Waals surface area contributed by atoms with Crippen LogP contribution in [0, 0.1) is 5.82 Å². The highest BCUT2D eigenvalue weighted by molar-refractivity contribution is 7.86. The second-order valence-corrected chi connectivity index (χ2v) is 8.69. The van der Waals surface area contributed by atoms with Crippen LogP contribution in [-0.2, 0) is 16.8 Å². The molecule has 2 aliphatic heterocycles. The first-order chi connectivity index (χ1) is 10.9. The van der Waals surface area contributed by atoms with Crippen LogP contribution in [0.2, 0.25) is 5.02 Å². The van der Waals surface area contributed by atoms with Crippen molar-refractivity contribution in [1.29, 1.82) is 0 Å². The zero-order valence-corrected chi connectivity index (χ0v) is 15.8. The Labute approximate surface area is 153 Å². The highest BCUT2D eigenvalue weighted by atomic mass is 35.5. The molecule has 5 nitrogen and oxygen atoms in total. The molecule has 136 valence electrons. The van der Waals surface area contributed by atoms with Gasteiger partial charge in [0.2, 0.25) is 0 Å². The predicted octanol–water partition coefficient (Wildman–Crippen LogP) is 2.40. The highest BCUT2D eigenvalue weighted by Crippen LogP contribution is 2.25. The van der Waals surface area contributed by atoms with Crippen LogP contribution in [-0.4, -0.2) is 49.2 Å². The Kier molecular flexibility index (Phi) is 6.50. The number of hydrogen-bond acceptors (Lipinski definition) is 3. The van der Waals surface area contributed by atoms with Gasteiger partial charge in [0.1, 0.15) is 5.82 Å². The molecule has 2 unspecified atom stereocenters. The zero-order valence-electron chi connectivity index (χ0n) is 13.4. The van der Waals surface area contributed by atoms with Gasteiger partial charge in [-0.1, -0.05) is 17.7 Å². The molecule has 2 atom stereocenters. The maximum absolute atomic E-state index is 13.9. The Morgan fingerprint density at radius 2 is 2.04 bits per heavy atom. The number of nitrogens with zero attached hydrogens (tertiary/aromatic N) is 2. The van der Waals surface area contributed by atoms with Crippen LogP contribution in [0.15, 0.2) is 18.2 Å². The average Bonchev–Trinajstić information content (AvgIpc) is 2.81. The van der Waals surface area contributed by atoms with Gasteiger partial charge in [-0.25, -0.2) is 4.39 Å². The van der Waals surface area contributed by atoms with Crippen molar-refractivity contribution in [1.82, 2.24) is 13.9 Å². The molecule has 3 rings (SSSR count). The molecule has 0 amide bonds. The molecule has 2 saturated heterocycles. The lowest BCUT2D eigenvalue weighted by Gasteiger charge is -2.28. The monoisotopic (exact) mass is 397 g/mol. The minimum absolute atomic E-state index is 0. The second kappa shape index (κ2) is 7.85. The van der Waals surface area contributed by atoms with Gasteiger partial charge in [0.25, 0.3) is 10.2 Å². The van der Waals surface area contributed by atoms with Gasteiger partial charge in [0, 0.05) is 49.4 Å². The van der Waals surface area contributed by atoms with Gasteiger partial charge < -0.3 is 5.32 Å². The first kappa shape index (κ1) is 19.9. The molecule has 0 radical (unpaired) electrons. The Morgan fingerprint density at radius 3 is 2.75 bits per heavy atom. The average molecular weight is 398 g/mol. The molecular formula is C15H22Cl2FN3O2S. The van der Waals surface area contributed by atoms with Gasteiger partial charge in [-0.05, 0) is 31.4 Å². The standard InChI is InChI=1S/C15H21ClFN3O2S.ClH/c1-19(10-13-14(16)3-2-4-15(13)17)23(21,22)20-8-7-11-5-6-12(9-20)18-11;/h2-4,11-12,18H,5-10H2,1H3;1H. The molecule has 24 heavy (non-hydrogen) atoms. The Bertz CT molecular complexity index is 669. The Hall–Kier alpha value is -0.440. The molecule has 1 aromatic carbocycles. The molecule has 2 aliphatic rings. The molecule has 0 aliphatic carbocycles. The summed E-state index contributed by atoms with van der Waals surface area (Å²) in [6.45, 7) is 0.881. The van der Waals surface area contributed by atoms with Gasteiger partial charge in [-0.15, -0.1) is 12.4 Å². The summed E-state index contributed by atoms with van der Waals surface area (Å²) in [5.74, 6) is -0.490. The van der Waals surface area contributed by atoms with E-state index in [1.165, 1.54) is 27.8 Å². The van der Waals surface area contributed by atoms with Gasteiger partial charge >= 0.3 is 0 Å². The van der Waals surface area contributed by atoms with Gasteiger partial charge in [0.05, 0.1) is 0 Å². The summed E-state index contributed by atoms with van der Waals surface area (Å²) in [6.07, 6.45) is 2.92. The minimum atomic E-state index is -3.64. The third kappa shape index (κ3) is 4.03. The maximum Gasteiger partial charge on any atom is 0.282 e. The summed E-state index contributed by atoms with van der Waals surface area (Å²) in [7, 11) is -2.17. The van der Waals surface area contributed by atoms with E-state index < -0.39 is 16.0 Å². The SMILES string of the molecule is CN(Cc1c(F)cccc1Cl)S(=O)(=O)N1CCC2CCC(C1)N2.Cl. The first-order valence-electron chi connectivity index (χ1n) is 7.78. The lowest BCUT2D eigenvalue weighted by atomic mass is 10.1. The topological polar surface area (TPSA) is 52.7 Å². The van der Waals surface area contributed by atoms with Gasteiger partial charge in [-0.3, -0.25) is 0 Å². The summed E-state index contributed by atoms with van der Waals surface area (Å²) in [5, 5.41) is 3.70. The van der Waals surface area contributed by atoms with E-state index in [1.54, 1.807) is 6.07 Å². The number of fused-ring (bicyclic) bond motifs is 2. The summed E-state index contributed by atoms with van der Waals surface area (Å²) in [5.41, 5.74) is 0.203. The molecule has 2 heterocycles. The van der Waals surface area contributed by atoms with Crippen LogP contribution in [0.5, 0.6) is 0 Å². The quantitative estimate of drug-likeness (QED) is 0.848. The molecule has 0 aromatic heterocycles. The fraction of sp³-hybridized carbons (Fsp3) is 0.600. The molecule has 0 saturated carbocycles. The smallest absolute Gasteiger partial charge is 0.282 e. The van der Waals surface area contributed by atoms with Crippen molar-refractivity contribution in [3.8, 4) is 0 Å². The van der Waals surface area contributed by atoms with Crippen molar-refractivity contribution in [2.45, 2.75) is 37.9 Å². The summed E-state index contributed by atoms with van der Waals surface area (Å²) < 4.78 is 42.2. The van der Waals surface area contributed by atoms with Crippen molar-refractivity contribution in [3.63, 3.8) is 0 Å². The lowest BCUT2D eigenvalue weighted by Crippen LogP contribution is -2.45. The van der Waals surface area contributed by atoms with E-state index in [9.17, 15) is 12.8 Å². The van der Waals surface area contributed by atoms with Crippen molar-refractivity contribution >= 4 is 34.2 Å². The van der Waals surface area contributed by atoms with Crippen LogP contribution in [0.4, 0.5) is 4.39 Å². The fourth-order valence-corrected chi connectivity index (χ4v) is 4.92. The third-order valence-electron chi connectivity index (χ3n) is 4.65. The molecule has 1 N–H and O–H groups in total. The van der Waals surface area contributed by atoms with Crippen molar-refractivity contribution in [2.24, 2.45) is 0 Å². The molecule has 0 spiro atoms. The number of halogens is 3. The van der Waals surface area contributed by atoms with Crippen LogP contribution in [0.25, 0.3) is 0 Å². The van der Waals surface area contributed by atoms with Gasteiger partial charge in [-0.2, -0.15) is 17.0 Å². The van der Waals surface area contributed by atoms with E-state index in [2.05, 4.69) is 5.32 Å². The number of hydrogen-bond donors (Lipinski definition) is 1. The van der Waals surface area contributed by atoms with E-state index in [4.69, 9.17) is 11.6 Å². The Morgan fingerprint density at radius 1 is 1.33 bits per heavy atom. The summed E-state index contributed by atoms with van der Waals surface area (Å²) in [6, 6.07) is 4.98. The molecule has 2 bridgehead atoms. The van der Waals surface area contributed by atoms with Crippen molar-refractivity contribution in [2.75, 3.05) is 20.1 Å². The zero-order chi connectivity index (χ0) is 16.6. The van der Waals surface area contributed by atoms with Crippen LogP contribution in [0.1, 0.15) is 24.8 Å². The predicted molar refractivity (Wildman–Crippen MR) is 95.2 cm³/mol. The first-order valence-corrected chi connectivity index (χ1v) is 9.56. The second-order valence-electron chi connectivity index (χ2n) is 6.25. The maximum atomic E-state index is 13.9. The summed E-state index contributed by atoms with van der Waals surface area (Å²) in [4.78, 5) is 0. The van der Waals surface area contributed by atoms with E-state index in [0.29, 0.717) is 19.1 Å². The van der Waals surface area contributed by atoms with E-state index in [-0.39, 0.29) is 35.6 Å².